The van der Waals surface area contributed by atoms with Crippen molar-refractivity contribution in [1.29, 1.82) is 0 Å². The molecule has 0 heterocycles. The lowest BCUT2D eigenvalue weighted by Gasteiger charge is -2.16. The summed E-state index contributed by atoms with van der Waals surface area (Å²) >= 11 is 0. The number of carbonyl (C=O) groups is 1. The topological polar surface area (TPSA) is 61.8 Å². The highest BCUT2D eigenvalue weighted by molar-refractivity contribution is 7.53. The SMILES string of the molecule is CCOP(=O)(CCCC(=O)OCc1ccccc1)OCC. The predicted octanol–water partition coefficient (Wildman–Crippen LogP) is 3.78. The van der Waals surface area contributed by atoms with Gasteiger partial charge in [-0.2, -0.15) is 0 Å². The lowest BCUT2D eigenvalue weighted by atomic mass is 10.2. The summed E-state index contributed by atoms with van der Waals surface area (Å²) in [5.41, 5.74) is 0.945. The molecule has 0 spiro atoms. The third-order valence-corrected chi connectivity index (χ3v) is 4.87. The van der Waals surface area contributed by atoms with Gasteiger partial charge in [0.2, 0.25) is 0 Å². The zero-order valence-corrected chi connectivity index (χ0v) is 13.5. The Morgan fingerprint density at radius 1 is 1.10 bits per heavy atom. The van der Waals surface area contributed by atoms with Crippen molar-refractivity contribution in [2.75, 3.05) is 19.4 Å². The quantitative estimate of drug-likeness (QED) is 0.486. The van der Waals surface area contributed by atoms with Gasteiger partial charge in [-0.05, 0) is 25.8 Å². The first-order valence-corrected chi connectivity index (χ1v) is 8.90. The molecule has 5 nitrogen and oxygen atoms in total. The average Bonchev–Trinajstić information content (AvgIpc) is 2.47. The summed E-state index contributed by atoms with van der Waals surface area (Å²) in [5.74, 6) is -0.307. The lowest BCUT2D eigenvalue weighted by Crippen LogP contribution is -2.07. The molecule has 118 valence electrons. The third kappa shape index (κ3) is 7.42. The molecule has 0 bridgehead atoms. The fourth-order valence-electron chi connectivity index (χ4n) is 1.79. The van der Waals surface area contributed by atoms with Gasteiger partial charge in [0.25, 0.3) is 0 Å². The Balaban J connectivity index is 2.27. The van der Waals surface area contributed by atoms with Gasteiger partial charge in [-0.25, -0.2) is 0 Å². The molecule has 1 rings (SSSR count). The number of esters is 1. The van der Waals surface area contributed by atoms with Crippen LogP contribution in [-0.4, -0.2) is 25.3 Å². The predicted molar refractivity (Wildman–Crippen MR) is 81.2 cm³/mol. The van der Waals surface area contributed by atoms with E-state index in [1.807, 2.05) is 30.3 Å². The lowest BCUT2D eigenvalue weighted by molar-refractivity contribution is -0.144. The Morgan fingerprint density at radius 3 is 2.29 bits per heavy atom. The number of benzene rings is 1. The minimum atomic E-state index is -3.06. The molecule has 1 aromatic rings. The maximum Gasteiger partial charge on any atom is 0.330 e. The van der Waals surface area contributed by atoms with E-state index in [9.17, 15) is 9.36 Å². The van der Waals surface area contributed by atoms with Gasteiger partial charge in [-0.1, -0.05) is 30.3 Å². The number of hydrogen-bond acceptors (Lipinski definition) is 5. The van der Waals surface area contributed by atoms with E-state index >= 15 is 0 Å². The Labute approximate surface area is 126 Å². The van der Waals surface area contributed by atoms with Gasteiger partial charge in [-0.3, -0.25) is 9.36 Å². The molecule has 0 aliphatic rings. The first kappa shape index (κ1) is 17.9. The second-order valence-electron chi connectivity index (χ2n) is 4.42. The van der Waals surface area contributed by atoms with Gasteiger partial charge in [0.1, 0.15) is 6.61 Å². The third-order valence-electron chi connectivity index (χ3n) is 2.71. The second kappa shape index (κ2) is 9.72. The fourth-order valence-corrected chi connectivity index (χ4v) is 3.45. The van der Waals surface area contributed by atoms with Gasteiger partial charge in [0.15, 0.2) is 0 Å². The van der Waals surface area contributed by atoms with Crippen molar-refractivity contribution in [2.24, 2.45) is 0 Å². The molecule has 0 aliphatic carbocycles. The molecule has 0 atom stereocenters. The van der Waals surface area contributed by atoms with Crippen LogP contribution in [0.4, 0.5) is 0 Å². The van der Waals surface area contributed by atoms with Crippen molar-refractivity contribution in [3.8, 4) is 0 Å². The number of rotatable bonds is 10. The summed E-state index contributed by atoms with van der Waals surface area (Å²) in [6.45, 7) is 4.44. The van der Waals surface area contributed by atoms with Crippen molar-refractivity contribution >= 4 is 13.6 Å². The maximum absolute atomic E-state index is 12.2. The van der Waals surface area contributed by atoms with Crippen LogP contribution in [0.2, 0.25) is 0 Å². The molecule has 0 unspecified atom stereocenters. The molecule has 6 heteroatoms. The van der Waals surface area contributed by atoms with E-state index in [0.717, 1.165) is 5.56 Å². The summed E-state index contributed by atoms with van der Waals surface area (Å²) in [4.78, 5) is 11.6. The molecule has 0 aromatic heterocycles. The monoisotopic (exact) mass is 314 g/mol. The van der Waals surface area contributed by atoms with Crippen LogP contribution in [-0.2, 0) is 29.8 Å². The van der Waals surface area contributed by atoms with E-state index in [-0.39, 0.29) is 25.2 Å². The van der Waals surface area contributed by atoms with Gasteiger partial charge in [0, 0.05) is 6.42 Å². The second-order valence-corrected chi connectivity index (χ2v) is 6.61. The maximum atomic E-state index is 12.2. The van der Waals surface area contributed by atoms with Gasteiger partial charge in [-0.15, -0.1) is 0 Å². The molecule has 0 saturated carbocycles. The number of hydrogen-bond donors (Lipinski definition) is 0. The van der Waals surface area contributed by atoms with Crippen LogP contribution in [0.25, 0.3) is 0 Å². The Bertz CT molecular complexity index is 450. The average molecular weight is 314 g/mol. The normalized spacial score (nSPS) is 11.3. The van der Waals surface area contributed by atoms with Crippen LogP contribution >= 0.6 is 7.60 Å². The van der Waals surface area contributed by atoms with Crippen molar-refractivity contribution in [1.82, 2.24) is 0 Å². The molecule has 0 saturated heterocycles. The zero-order chi connectivity index (χ0) is 15.6. The van der Waals surface area contributed by atoms with Crippen molar-refractivity contribution in [2.45, 2.75) is 33.3 Å². The van der Waals surface area contributed by atoms with Crippen molar-refractivity contribution in [3.05, 3.63) is 35.9 Å². The zero-order valence-electron chi connectivity index (χ0n) is 12.6. The van der Waals surface area contributed by atoms with Gasteiger partial charge in [0.05, 0.1) is 19.4 Å². The molecule has 0 radical (unpaired) electrons. The first-order valence-electron chi connectivity index (χ1n) is 7.17. The van der Waals surface area contributed by atoms with Crippen LogP contribution in [0.5, 0.6) is 0 Å². The van der Waals surface area contributed by atoms with Gasteiger partial charge < -0.3 is 13.8 Å². The number of ether oxygens (including phenoxy) is 1. The van der Waals surface area contributed by atoms with Crippen LogP contribution in [0.15, 0.2) is 30.3 Å². The molecule has 0 aliphatic heterocycles. The van der Waals surface area contributed by atoms with E-state index in [0.29, 0.717) is 19.6 Å². The Morgan fingerprint density at radius 2 is 1.71 bits per heavy atom. The summed E-state index contributed by atoms with van der Waals surface area (Å²) < 4.78 is 27.7. The summed E-state index contributed by atoms with van der Waals surface area (Å²) in [6.07, 6.45) is 0.858. The standard InChI is InChI=1S/C15H23O5P/c1-3-19-21(17,20-4-2)12-8-11-15(16)18-13-14-9-6-5-7-10-14/h5-7,9-10H,3-4,8,11-13H2,1-2H3. The van der Waals surface area contributed by atoms with E-state index in [2.05, 4.69) is 0 Å². The molecular weight excluding hydrogens is 291 g/mol. The van der Waals surface area contributed by atoms with E-state index in [4.69, 9.17) is 13.8 Å². The largest absolute Gasteiger partial charge is 0.461 e. The van der Waals surface area contributed by atoms with Crippen LogP contribution < -0.4 is 0 Å². The summed E-state index contributed by atoms with van der Waals surface area (Å²) in [5, 5.41) is 0. The van der Waals surface area contributed by atoms with Gasteiger partial charge >= 0.3 is 13.6 Å². The molecule has 0 amide bonds. The van der Waals surface area contributed by atoms with E-state index in [1.165, 1.54) is 0 Å². The highest BCUT2D eigenvalue weighted by Gasteiger charge is 2.23. The number of carbonyl (C=O) groups excluding carboxylic acids is 1. The highest BCUT2D eigenvalue weighted by Crippen LogP contribution is 2.48. The van der Waals surface area contributed by atoms with E-state index < -0.39 is 7.60 Å². The minimum Gasteiger partial charge on any atom is -0.461 e. The van der Waals surface area contributed by atoms with Crippen LogP contribution in [0, 0.1) is 0 Å². The van der Waals surface area contributed by atoms with Crippen LogP contribution in [0.3, 0.4) is 0 Å². The van der Waals surface area contributed by atoms with Crippen LogP contribution in [0.1, 0.15) is 32.3 Å². The van der Waals surface area contributed by atoms with E-state index in [1.54, 1.807) is 13.8 Å². The first-order chi connectivity index (χ1) is 10.1. The Kier molecular flexibility index (Phi) is 8.28. The molecule has 21 heavy (non-hydrogen) atoms. The highest BCUT2D eigenvalue weighted by atomic mass is 31.2. The molecule has 0 fully saturated rings. The Hall–Kier alpha value is -1.16. The van der Waals surface area contributed by atoms with Crippen molar-refractivity contribution < 1.29 is 23.1 Å². The summed E-state index contributed by atoms with van der Waals surface area (Å²) in [6, 6.07) is 9.48. The summed E-state index contributed by atoms with van der Waals surface area (Å²) in [7, 11) is -3.06. The molecule has 0 N–H and O–H groups in total. The molecule has 1 aromatic carbocycles. The van der Waals surface area contributed by atoms with Crippen molar-refractivity contribution in [3.63, 3.8) is 0 Å². The molecular formula is C15H23O5P. The fraction of sp³-hybridized carbons (Fsp3) is 0.533. The smallest absolute Gasteiger partial charge is 0.330 e. The minimum absolute atomic E-state index is 0.205.